The molecule has 21 heavy (non-hydrogen) atoms. The molecule has 1 aromatic carbocycles. The summed E-state index contributed by atoms with van der Waals surface area (Å²) < 4.78 is 5.05. The van der Waals surface area contributed by atoms with Gasteiger partial charge in [0.25, 0.3) is 0 Å². The first-order valence-corrected chi connectivity index (χ1v) is 8.03. The number of halogens is 1. The number of ether oxygens (including phenoxy) is 1. The van der Waals surface area contributed by atoms with Gasteiger partial charge in [0.15, 0.2) is 0 Å². The lowest BCUT2D eigenvalue weighted by Gasteiger charge is -2.39. The largest absolute Gasteiger partial charge is 0.383 e. The number of anilines is 1. The van der Waals surface area contributed by atoms with E-state index in [1.165, 1.54) is 0 Å². The van der Waals surface area contributed by atoms with Crippen molar-refractivity contribution >= 4 is 17.3 Å². The molecule has 0 saturated carbocycles. The van der Waals surface area contributed by atoms with Gasteiger partial charge in [0.1, 0.15) is 0 Å². The van der Waals surface area contributed by atoms with Crippen molar-refractivity contribution in [1.29, 1.82) is 0 Å². The molecule has 1 aliphatic rings. The summed E-state index contributed by atoms with van der Waals surface area (Å²) in [4.78, 5) is 4.91. The first kappa shape index (κ1) is 16.6. The molecule has 118 valence electrons. The van der Waals surface area contributed by atoms with Crippen molar-refractivity contribution in [2.24, 2.45) is 0 Å². The minimum absolute atomic E-state index is 0.551. The maximum absolute atomic E-state index is 6.28. The fourth-order valence-corrected chi connectivity index (χ4v) is 2.98. The molecule has 1 atom stereocenters. The Labute approximate surface area is 133 Å². The van der Waals surface area contributed by atoms with E-state index in [4.69, 9.17) is 16.3 Å². The van der Waals surface area contributed by atoms with E-state index >= 15 is 0 Å². The molecule has 0 bridgehead atoms. The Morgan fingerprint density at radius 2 is 1.95 bits per heavy atom. The molecule has 0 aliphatic carbocycles. The molecule has 0 spiro atoms. The van der Waals surface area contributed by atoms with Gasteiger partial charge in [-0.1, -0.05) is 23.7 Å². The summed E-state index contributed by atoms with van der Waals surface area (Å²) in [5, 5.41) is 4.28. The van der Waals surface area contributed by atoms with Gasteiger partial charge in [-0.25, -0.2) is 0 Å². The first-order chi connectivity index (χ1) is 10.2. The van der Waals surface area contributed by atoms with E-state index in [0.717, 1.165) is 56.6 Å². The van der Waals surface area contributed by atoms with Gasteiger partial charge in [0.05, 0.1) is 17.3 Å². The Morgan fingerprint density at radius 1 is 1.24 bits per heavy atom. The molecular formula is C16H26ClN3O. The lowest BCUT2D eigenvalue weighted by atomic mass is 10.2. The summed E-state index contributed by atoms with van der Waals surface area (Å²) in [6.07, 6.45) is 0. The van der Waals surface area contributed by atoms with E-state index in [-0.39, 0.29) is 0 Å². The predicted octanol–water partition coefficient (Wildman–Crippen LogP) is 2.09. The number of nitrogens with one attached hydrogen (secondary N) is 1. The zero-order chi connectivity index (χ0) is 15.1. The van der Waals surface area contributed by atoms with Gasteiger partial charge in [0.2, 0.25) is 0 Å². The van der Waals surface area contributed by atoms with Gasteiger partial charge in [-0.3, -0.25) is 4.90 Å². The van der Waals surface area contributed by atoms with Crippen LogP contribution < -0.4 is 10.2 Å². The van der Waals surface area contributed by atoms with E-state index < -0.39 is 0 Å². The molecule has 1 fully saturated rings. The molecule has 1 aliphatic heterocycles. The fraction of sp³-hybridized carbons (Fsp3) is 0.625. The van der Waals surface area contributed by atoms with E-state index in [1.807, 2.05) is 12.1 Å². The van der Waals surface area contributed by atoms with E-state index in [9.17, 15) is 0 Å². The zero-order valence-corrected chi connectivity index (χ0v) is 13.8. The monoisotopic (exact) mass is 311 g/mol. The van der Waals surface area contributed by atoms with Crippen molar-refractivity contribution < 1.29 is 4.74 Å². The number of methoxy groups -OCH3 is 1. The van der Waals surface area contributed by atoms with Crippen molar-refractivity contribution in [3.05, 3.63) is 29.3 Å². The van der Waals surface area contributed by atoms with Crippen molar-refractivity contribution in [1.82, 2.24) is 10.2 Å². The fourth-order valence-electron chi connectivity index (χ4n) is 2.73. The van der Waals surface area contributed by atoms with E-state index in [2.05, 4.69) is 34.2 Å². The molecule has 4 nitrogen and oxygen atoms in total. The minimum Gasteiger partial charge on any atom is -0.383 e. The SMILES string of the molecule is COCCNCC(C)N1CCN(c2ccccc2Cl)CC1. The average molecular weight is 312 g/mol. The van der Waals surface area contributed by atoms with Crippen LogP contribution in [0.3, 0.4) is 0 Å². The Hall–Kier alpha value is -0.810. The summed E-state index contributed by atoms with van der Waals surface area (Å²) in [6, 6.07) is 8.65. The molecule has 5 heteroatoms. The molecule has 0 aromatic heterocycles. The third-order valence-corrected chi connectivity index (χ3v) is 4.37. The third-order valence-electron chi connectivity index (χ3n) is 4.05. The van der Waals surface area contributed by atoms with E-state index in [1.54, 1.807) is 7.11 Å². The van der Waals surface area contributed by atoms with Crippen molar-refractivity contribution in [3.8, 4) is 0 Å². The highest BCUT2D eigenvalue weighted by atomic mass is 35.5. The summed E-state index contributed by atoms with van der Waals surface area (Å²) in [5.41, 5.74) is 1.16. The molecule has 1 N–H and O–H groups in total. The number of piperazine rings is 1. The summed E-state index contributed by atoms with van der Waals surface area (Å²) in [6.45, 7) is 9.21. The molecule has 0 amide bonds. The molecule has 1 aromatic rings. The average Bonchev–Trinajstić information content (AvgIpc) is 2.52. The molecule has 0 radical (unpaired) electrons. The Kier molecular flexibility index (Phi) is 6.77. The maximum atomic E-state index is 6.28. The van der Waals surface area contributed by atoms with Crippen LogP contribution in [0.5, 0.6) is 0 Å². The van der Waals surface area contributed by atoms with E-state index in [0.29, 0.717) is 6.04 Å². The van der Waals surface area contributed by atoms with Crippen LogP contribution in [0.25, 0.3) is 0 Å². The lowest BCUT2D eigenvalue weighted by molar-refractivity contribution is 0.177. The quantitative estimate of drug-likeness (QED) is 0.780. The number of para-hydroxylation sites is 1. The van der Waals surface area contributed by atoms with Crippen LogP contribution in [0.2, 0.25) is 5.02 Å². The van der Waals surface area contributed by atoms with Crippen LogP contribution in [-0.2, 0) is 4.74 Å². The van der Waals surface area contributed by atoms with Gasteiger partial charge in [-0.15, -0.1) is 0 Å². The summed E-state index contributed by atoms with van der Waals surface area (Å²) in [5.74, 6) is 0. The molecule has 1 saturated heterocycles. The van der Waals surface area contributed by atoms with Gasteiger partial charge < -0.3 is 15.0 Å². The van der Waals surface area contributed by atoms with Crippen LogP contribution in [0.15, 0.2) is 24.3 Å². The highest BCUT2D eigenvalue weighted by Gasteiger charge is 2.21. The molecular weight excluding hydrogens is 286 g/mol. The number of hydrogen-bond acceptors (Lipinski definition) is 4. The third kappa shape index (κ3) is 4.85. The van der Waals surface area contributed by atoms with Crippen LogP contribution in [-0.4, -0.2) is 63.9 Å². The topological polar surface area (TPSA) is 27.7 Å². The number of hydrogen-bond donors (Lipinski definition) is 1. The molecule has 1 heterocycles. The maximum Gasteiger partial charge on any atom is 0.0639 e. The Balaban J connectivity index is 1.76. The smallest absolute Gasteiger partial charge is 0.0639 e. The van der Waals surface area contributed by atoms with Gasteiger partial charge in [0, 0.05) is 52.4 Å². The lowest BCUT2D eigenvalue weighted by Crippen LogP contribution is -2.52. The van der Waals surface area contributed by atoms with Crippen molar-refractivity contribution in [3.63, 3.8) is 0 Å². The van der Waals surface area contributed by atoms with Gasteiger partial charge >= 0.3 is 0 Å². The minimum atomic E-state index is 0.551. The Bertz CT molecular complexity index is 422. The zero-order valence-electron chi connectivity index (χ0n) is 13.0. The predicted molar refractivity (Wildman–Crippen MR) is 89.4 cm³/mol. The number of nitrogens with zero attached hydrogens (tertiary/aromatic N) is 2. The van der Waals surface area contributed by atoms with Crippen molar-refractivity contribution in [2.75, 3.05) is 57.9 Å². The second-order valence-electron chi connectivity index (χ2n) is 5.52. The Morgan fingerprint density at radius 3 is 2.62 bits per heavy atom. The van der Waals surface area contributed by atoms with Gasteiger partial charge in [-0.05, 0) is 19.1 Å². The van der Waals surface area contributed by atoms with Crippen LogP contribution in [0, 0.1) is 0 Å². The first-order valence-electron chi connectivity index (χ1n) is 7.65. The number of rotatable bonds is 7. The second-order valence-corrected chi connectivity index (χ2v) is 5.93. The number of benzene rings is 1. The summed E-state index contributed by atoms with van der Waals surface area (Å²) in [7, 11) is 1.74. The molecule has 2 rings (SSSR count). The van der Waals surface area contributed by atoms with Crippen LogP contribution >= 0.6 is 11.6 Å². The van der Waals surface area contributed by atoms with Crippen molar-refractivity contribution in [2.45, 2.75) is 13.0 Å². The van der Waals surface area contributed by atoms with Gasteiger partial charge in [-0.2, -0.15) is 0 Å². The summed E-state index contributed by atoms with van der Waals surface area (Å²) >= 11 is 6.28. The standard InChI is InChI=1S/C16H26ClN3O/c1-14(13-18-7-12-21-2)19-8-10-20(11-9-19)16-6-4-3-5-15(16)17/h3-6,14,18H,7-13H2,1-2H3. The highest BCUT2D eigenvalue weighted by Crippen LogP contribution is 2.26. The second kappa shape index (κ2) is 8.59. The van der Waals surface area contributed by atoms with Crippen LogP contribution in [0.1, 0.15) is 6.92 Å². The van der Waals surface area contributed by atoms with Crippen LogP contribution in [0.4, 0.5) is 5.69 Å². The molecule has 1 unspecified atom stereocenters. The highest BCUT2D eigenvalue weighted by molar-refractivity contribution is 6.33. The normalized spacial score (nSPS) is 18.0.